The molecule has 2 fully saturated rings. The predicted octanol–water partition coefficient (Wildman–Crippen LogP) is 2.59. The lowest BCUT2D eigenvalue weighted by Crippen LogP contribution is -2.44. The van der Waals surface area contributed by atoms with Crippen molar-refractivity contribution in [3.8, 4) is 0 Å². The zero-order chi connectivity index (χ0) is 17.6. The van der Waals surface area contributed by atoms with E-state index in [-0.39, 0.29) is 5.82 Å². The van der Waals surface area contributed by atoms with Gasteiger partial charge in [-0.25, -0.2) is 4.39 Å². The Hall–Kier alpha value is -1.46. The van der Waals surface area contributed by atoms with Crippen molar-refractivity contribution in [3.05, 3.63) is 35.6 Å². The molecule has 2 heterocycles. The van der Waals surface area contributed by atoms with Gasteiger partial charge >= 0.3 is 0 Å². The molecule has 1 aromatic carbocycles. The number of hydrogen-bond donors (Lipinski definition) is 0. The fourth-order valence-electron chi connectivity index (χ4n) is 3.74. The first-order valence-corrected chi connectivity index (χ1v) is 9.57. The summed E-state index contributed by atoms with van der Waals surface area (Å²) < 4.78 is 13.0. The van der Waals surface area contributed by atoms with E-state index in [9.17, 15) is 9.18 Å². The van der Waals surface area contributed by atoms with E-state index in [1.54, 1.807) is 0 Å². The maximum Gasteiger partial charge on any atom is 0.236 e. The first-order chi connectivity index (χ1) is 12.1. The van der Waals surface area contributed by atoms with E-state index in [0.717, 1.165) is 76.6 Å². The predicted molar refractivity (Wildman–Crippen MR) is 97.7 cm³/mol. The Morgan fingerprint density at radius 2 is 1.64 bits per heavy atom. The van der Waals surface area contributed by atoms with Gasteiger partial charge < -0.3 is 4.90 Å². The third-order valence-electron chi connectivity index (χ3n) is 5.50. The molecule has 0 atom stereocenters. The number of benzene rings is 1. The highest BCUT2D eigenvalue weighted by molar-refractivity contribution is 5.78. The van der Waals surface area contributed by atoms with Gasteiger partial charge in [-0.1, -0.05) is 19.1 Å². The zero-order valence-corrected chi connectivity index (χ0v) is 15.3. The lowest BCUT2D eigenvalue weighted by atomic mass is 9.99. The van der Waals surface area contributed by atoms with Gasteiger partial charge in [0.2, 0.25) is 5.91 Å². The summed E-state index contributed by atoms with van der Waals surface area (Å²) in [4.78, 5) is 19.3. The highest BCUT2D eigenvalue weighted by atomic mass is 19.1. The third-order valence-corrected chi connectivity index (χ3v) is 5.50. The molecule has 0 saturated carbocycles. The molecule has 0 N–H and O–H groups in total. The Labute approximate surface area is 150 Å². The lowest BCUT2D eigenvalue weighted by molar-refractivity contribution is -0.133. The van der Waals surface area contributed by atoms with Gasteiger partial charge in [-0.2, -0.15) is 0 Å². The van der Waals surface area contributed by atoms with Crippen molar-refractivity contribution >= 4 is 5.91 Å². The maximum atomic E-state index is 13.0. The Bertz CT molecular complexity index is 555. The van der Waals surface area contributed by atoms with Gasteiger partial charge in [0, 0.05) is 32.7 Å². The minimum Gasteiger partial charge on any atom is -0.342 e. The van der Waals surface area contributed by atoms with Crippen LogP contribution in [0.5, 0.6) is 0 Å². The van der Waals surface area contributed by atoms with Crippen LogP contribution < -0.4 is 0 Å². The topological polar surface area (TPSA) is 26.8 Å². The van der Waals surface area contributed by atoms with Crippen LogP contribution in [0.3, 0.4) is 0 Å². The van der Waals surface area contributed by atoms with Crippen LogP contribution in [0.25, 0.3) is 0 Å². The second kappa shape index (κ2) is 8.77. The van der Waals surface area contributed by atoms with Crippen molar-refractivity contribution in [2.45, 2.75) is 32.7 Å². The molecule has 0 unspecified atom stereocenters. The highest BCUT2D eigenvalue weighted by Crippen LogP contribution is 2.16. The van der Waals surface area contributed by atoms with Gasteiger partial charge in [0.1, 0.15) is 5.82 Å². The van der Waals surface area contributed by atoms with Gasteiger partial charge in [0.15, 0.2) is 0 Å². The smallest absolute Gasteiger partial charge is 0.236 e. The normalized spacial score (nSPS) is 21.3. The van der Waals surface area contributed by atoms with E-state index in [1.165, 1.54) is 12.1 Å². The van der Waals surface area contributed by atoms with Crippen molar-refractivity contribution in [3.63, 3.8) is 0 Å². The second-order valence-corrected chi connectivity index (χ2v) is 7.60. The molecule has 0 aliphatic carbocycles. The van der Waals surface area contributed by atoms with Crippen molar-refractivity contribution in [1.82, 2.24) is 14.7 Å². The number of amides is 1. The Balaban J connectivity index is 1.45. The van der Waals surface area contributed by atoms with Crippen molar-refractivity contribution in [2.24, 2.45) is 5.92 Å². The van der Waals surface area contributed by atoms with Crippen LogP contribution in [0.2, 0.25) is 0 Å². The van der Waals surface area contributed by atoms with E-state index in [4.69, 9.17) is 0 Å². The molecule has 1 aromatic rings. The first-order valence-electron chi connectivity index (χ1n) is 9.57. The Kier molecular flexibility index (Phi) is 6.43. The maximum absolute atomic E-state index is 13.0. The number of hydrogen-bond acceptors (Lipinski definition) is 3. The molecule has 2 saturated heterocycles. The molecule has 1 amide bonds. The number of nitrogens with zero attached hydrogens (tertiary/aromatic N) is 3. The van der Waals surface area contributed by atoms with Crippen LogP contribution in [-0.4, -0.2) is 66.4 Å². The fraction of sp³-hybridized carbons (Fsp3) is 0.650. The molecule has 0 radical (unpaired) electrons. The Morgan fingerprint density at radius 1 is 1.00 bits per heavy atom. The van der Waals surface area contributed by atoms with E-state index < -0.39 is 0 Å². The van der Waals surface area contributed by atoms with E-state index in [2.05, 4.69) is 16.7 Å². The lowest BCUT2D eigenvalue weighted by Gasteiger charge is -2.32. The van der Waals surface area contributed by atoms with Gasteiger partial charge in [-0.05, 0) is 56.0 Å². The summed E-state index contributed by atoms with van der Waals surface area (Å²) >= 11 is 0. The number of rotatable bonds is 4. The molecule has 138 valence electrons. The van der Waals surface area contributed by atoms with Crippen LogP contribution in [0, 0.1) is 11.7 Å². The minimum atomic E-state index is -0.184. The van der Waals surface area contributed by atoms with Crippen LogP contribution in [-0.2, 0) is 11.3 Å². The number of piperidine rings is 1. The van der Waals surface area contributed by atoms with Gasteiger partial charge in [-0.15, -0.1) is 0 Å². The standard InChI is InChI=1S/C20H30FN3O/c1-17-7-11-24(12-8-17)20(25)16-23-10-2-9-22(13-14-23)15-18-3-5-19(21)6-4-18/h3-6,17H,2,7-16H2,1H3. The van der Waals surface area contributed by atoms with Crippen molar-refractivity contribution in [2.75, 3.05) is 45.8 Å². The van der Waals surface area contributed by atoms with Gasteiger partial charge in [-0.3, -0.25) is 14.6 Å². The second-order valence-electron chi connectivity index (χ2n) is 7.60. The molecule has 3 rings (SSSR count). The molecule has 5 heteroatoms. The summed E-state index contributed by atoms with van der Waals surface area (Å²) in [7, 11) is 0. The first kappa shape index (κ1) is 18.3. The van der Waals surface area contributed by atoms with Crippen LogP contribution in [0.4, 0.5) is 4.39 Å². The van der Waals surface area contributed by atoms with Crippen LogP contribution in [0.15, 0.2) is 24.3 Å². The molecule has 2 aliphatic rings. The monoisotopic (exact) mass is 347 g/mol. The van der Waals surface area contributed by atoms with E-state index in [1.807, 2.05) is 17.0 Å². The summed E-state index contributed by atoms with van der Waals surface area (Å²) in [6, 6.07) is 6.77. The Morgan fingerprint density at radius 3 is 2.36 bits per heavy atom. The van der Waals surface area contributed by atoms with Crippen molar-refractivity contribution < 1.29 is 9.18 Å². The summed E-state index contributed by atoms with van der Waals surface area (Å²) in [5.74, 6) is 0.859. The number of carbonyl (C=O) groups excluding carboxylic acids is 1. The largest absolute Gasteiger partial charge is 0.342 e. The quantitative estimate of drug-likeness (QED) is 0.838. The molecular formula is C20H30FN3O. The van der Waals surface area contributed by atoms with E-state index in [0.29, 0.717) is 12.5 Å². The van der Waals surface area contributed by atoms with Crippen LogP contribution in [0.1, 0.15) is 31.7 Å². The summed E-state index contributed by atoms with van der Waals surface area (Å²) in [5.41, 5.74) is 1.15. The molecule has 0 bridgehead atoms. The molecule has 2 aliphatic heterocycles. The fourth-order valence-corrected chi connectivity index (χ4v) is 3.74. The average molecular weight is 347 g/mol. The molecule has 4 nitrogen and oxygen atoms in total. The summed E-state index contributed by atoms with van der Waals surface area (Å²) in [6.07, 6.45) is 3.35. The number of carbonyl (C=O) groups is 1. The highest BCUT2D eigenvalue weighted by Gasteiger charge is 2.23. The summed E-state index contributed by atoms with van der Waals surface area (Å²) in [6.45, 7) is 9.42. The van der Waals surface area contributed by atoms with Gasteiger partial charge in [0.05, 0.1) is 6.54 Å². The molecular weight excluding hydrogens is 317 g/mol. The third kappa shape index (κ3) is 5.51. The average Bonchev–Trinajstić information content (AvgIpc) is 2.83. The SMILES string of the molecule is CC1CCN(C(=O)CN2CCCN(Cc3ccc(F)cc3)CC2)CC1. The molecule has 0 aromatic heterocycles. The number of halogens is 1. The number of likely N-dealkylation sites (tertiary alicyclic amines) is 1. The van der Waals surface area contributed by atoms with Crippen molar-refractivity contribution in [1.29, 1.82) is 0 Å². The molecule has 0 spiro atoms. The molecule has 25 heavy (non-hydrogen) atoms. The minimum absolute atomic E-state index is 0.184. The van der Waals surface area contributed by atoms with Crippen LogP contribution >= 0.6 is 0 Å². The zero-order valence-electron chi connectivity index (χ0n) is 15.3. The summed E-state index contributed by atoms with van der Waals surface area (Å²) in [5, 5.41) is 0. The van der Waals surface area contributed by atoms with E-state index >= 15 is 0 Å². The van der Waals surface area contributed by atoms with Gasteiger partial charge in [0.25, 0.3) is 0 Å².